The van der Waals surface area contributed by atoms with Gasteiger partial charge in [-0.2, -0.15) is 13.2 Å². The van der Waals surface area contributed by atoms with Gasteiger partial charge in [-0.25, -0.2) is 9.78 Å². The molecule has 1 aliphatic heterocycles. The Balaban J connectivity index is 1.51. The Kier molecular flexibility index (Phi) is 5.17. The molecule has 2 amide bonds. The van der Waals surface area contributed by atoms with Crippen LogP contribution in [0.15, 0.2) is 36.4 Å². The number of alkyl halides is 3. The number of aromatic nitrogens is 2. The molecule has 0 bridgehead atoms. The molecule has 4 rings (SSSR count). The highest BCUT2D eigenvalue weighted by atomic mass is 19.4. The van der Waals surface area contributed by atoms with Crippen LogP contribution < -0.4 is 5.32 Å². The predicted molar refractivity (Wildman–Crippen MR) is 110 cm³/mol. The van der Waals surface area contributed by atoms with E-state index in [0.29, 0.717) is 13.1 Å². The standard InChI is InChI=1S/C22H23F3N4O/c1-13-10-18-19(11-14(13)2)27-20(26-18)15-6-5-9-29(12-15)21(30)28-17-8-4-3-7-16(17)22(23,24)25/h3-4,7-8,10-11,15H,5-6,9,12H2,1-2H3,(H,26,27)(H,28,30). The molecule has 0 aliphatic carbocycles. The van der Waals surface area contributed by atoms with Gasteiger partial charge in [0.05, 0.1) is 22.3 Å². The van der Waals surface area contributed by atoms with E-state index >= 15 is 0 Å². The number of aromatic amines is 1. The van der Waals surface area contributed by atoms with Gasteiger partial charge in [0.25, 0.3) is 0 Å². The molecular formula is C22H23F3N4O. The number of carbonyl (C=O) groups excluding carboxylic acids is 1. The average molecular weight is 416 g/mol. The summed E-state index contributed by atoms with van der Waals surface area (Å²) in [7, 11) is 0. The zero-order valence-corrected chi connectivity index (χ0v) is 16.8. The van der Waals surface area contributed by atoms with E-state index in [1.807, 2.05) is 19.9 Å². The van der Waals surface area contributed by atoms with Crippen LogP contribution in [0.25, 0.3) is 11.0 Å². The van der Waals surface area contributed by atoms with Crippen LogP contribution in [-0.2, 0) is 6.18 Å². The quantitative estimate of drug-likeness (QED) is 0.570. The fourth-order valence-electron chi connectivity index (χ4n) is 3.90. The van der Waals surface area contributed by atoms with Crippen LogP contribution in [0.2, 0.25) is 0 Å². The van der Waals surface area contributed by atoms with Crippen LogP contribution in [-0.4, -0.2) is 34.0 Å². The monoisotopic (exact) mass is 416 g/mol. The number of para-hydroxylation sites is 1. The molecule has 1 aromatic heterocycles. The molecule has 30 heavy (non-hydrogen) atoms. The molecule has 1 aliphatic rings. The minimum Gasteiger partial charge on any atom is -0.342 e. The topological polar surface area (TPSA) is 61.0 Å². The molecule has 1 unspecified atom stereocenters. The number of anilines is 1. The second-order valence-corrected chi connectivity index (χ2v) is 7.83. The third-order valence-electron chi connectivity index (χ3n) is 5.69. The summed E-state index contributed by atoms with van der Waals surface area (Å²) in [5.74, 6) is 0.818. The first-order chi connectivity index (χ1) is 14.2. The van der Waals surface area contributed by atoms with Gasteiger partial charge in [0.15, 0.2) is 0 Å². The number of rotatable bonds is 2. The first-order valence-electron chi connectivity index (χ1n) is 9.91. The Morgan fingerprint density at radius 3 is 2.70 bits per heavy atom. The summed E-state index contributed by atoms with van der Waals surface area (Å²) in [6.45, 7) is 4.97. The van der Waals surface area contributed by atoms with E-state index in [-0.39, 0.29) is 11.6 Å². The van der Waals surface area contributed by atoms with Gasteiger partial charge in [-0.1, -0.05) is 12.1 Å². The Bertz CT molecular complexity index is 1050. The lowest BCUT2D eigenvalue weighted by Crippen LogP contribution is -2.42. The van der Waals surface area contributed by atoms with E-state index in [9.17, 15) is 18.0 Å². The average Bonchev–Trinajstić information content (AvgIpc) is 3.11. The highest BCUT2D eigenvalue weighted by Crippen LogP contribution is 2.35. The SMILES string of the molecule is Cc1cc2nc(C3CCCN(C(=O)Nc4ccccc4C(F)(F)F)C3)[nH]c2cc1C. The highest BCUT2D eigenvalue weighted by molar-refractivity contribution is 5.90. The van der Waals surface area contributed by atoms with Gasteiger partial charge in [0.1, 0.15) is 5.82 Å². The zero-order chi connectivity index (χ0) is 21.5. The van der Waals surface area contributed by atoms with Gasteiger partial charge in [-0.3, -0.25) is 0 Å². The number of carbonyl (C=O) groups is 1. The number of piperidine rings is 1. The van der Waals surface area contributed by atoms with Crippen molar-refractivity contribution in [3.05, 3.63) is 58.9 Å². The van der Waals surface area contributed by atoms with Crippen molar-refractivity contribution < 1.29 is 18.0 Å². The maximum absolute atomic E-state index is 13.2. The van der Waals surface area contributed by atoms with Crippen LogP contribution in [0.4, 0.5) is 23.7 Å². The first-order valence-corrected chi connectivity index (χ1v) is 9.91. The number of benzene rings is 2. The van der Waals surface area contributed by atoms with Crippen molar-refractivity contribution in [2.45, 2.75) is 38.8 Å². The summed E-state index contributed by atoms with van der Waals surface area (Å²) in [4.78, 5) is 22.3. The van der Waals surface area contributed by atoms with Crippen LogP contribution in [0.3, 0.4) is 0 Å². The molecule has 2 N–H and O–H groups in total. The van der Waals surface area contributed by atoms with E-state index in [1.54, 1.807) is 4.90 Å². The van der Waals surface area contributed by atoms with Gasteiger partial charge < -0.3 is 15.2 Å². The molecule has 1 atom stereocenters. The number of amides is 2. The summed E-state index contributed by atoms with van der Waals surface area (Å²) in [6.07, 6.45) is -2.91. The molecule has 8 heteroatoms. The van der Waals surface area contributed by atoms with Crippen molar-refractivity contribution in [1.29, 1.82) is 0 Å². The Morgan fingerprint density at radius 1 is 1.20 bits per heavy atom. The van der Waals surface area contributed by atoms with Gasteiger partial charge in [-0.15, -0.1) is 0 Å². The molecular weight excluding hydrogens is 393 g/mol. The van der Waals surface area contributed by atoms with Gasteiger partial charge >= 0.3 is 12.2 Å². The maximum atomic E-state index is 13.2. The zero-order valence-electron chi connectivity index (χ0n) is 16.8. The predicted octanol–water partition coefficient (Wildman–Crippen LogP) is 5.61. The molecule has 0 spiro atoms. The van der Waals surface area contributed by atoms with E-state index in [2.05, 4.69) is 16.4 Å². The minimum absolute atomic E-state index is 0.00960. The van der Waals surface area contributed by atoms with Crippen molar-refractivity contribution in [3.63, 3.8) is 0 Å². The van der Waals surface area contributed by atoms with Crippen molar-refractivity contribution in [2.75, 3.05) is 18.4 Å². The molecule has 0 saturated carbocycles. The van der Waals surface area contributed by atoms with Crippen LogP contribution >= 0.6 is 0 Å². The molecule has 0 radical (unpaired) electrons. The third kappa shape index (κ3) is 3.99. The van der Waals surface area contributed by atoms with Crippen molar-refractivity contribution in [2.24, 2.45) is 0 Å². The normalized spacial score (nSPS) is 17.4. The highest BCUT2D eigenvalue weighted by Gasteiger charge is 2.34. The molecule has 158 valence electrons. The summed E-state index contributed by atoms with van der Waals surface area (Å²) in [6, 6.07) is 8.58. The molecule has 1 saturated heterocycles. The summed E-state index contributed by atoms with van der Waals surface area (Å²) >= 11 is 0. The van der Waals surface area contributed by atoms with E-state index in [0.717, 1.165) is 41.3 Å². The number of urea groups is 1. The number of aryl methyl sites for hydroxylation is 2. The number of hydrogen-bond donors (Lipinski definition) is 2. The molecule has 2 heterocycles. The van der Waals surface area contributed by atoms with Crippen LogP contribution in [0.1, 0.15) is 41.3 Å². The van der Waals surface area contributed by atoms with E-state index in [4.69, 9.17) is 4.98 Å². The number of fused-ring (bicyclic) bond motifs is 1. The molecule has 3 aromatic rings. The van der Waals surface area contributed by atoms with Gasteiger partial charge in [0, 0.05) is 19.0 Å². The number of nitrogens with zero attached hydrogens (tertiary/aromatic N) is 2. The molecule has 1 fully saturated rings. The van der Waals surface area contributed by atoms with E-state index in [1.165, 1.54) is 23.8 Å². The van der Waals surface area contributed by atoms with Gasteiger partial charge in [0.2, 0.25) is 0 Å². The Labute approximate surface area is 172 Å². The van der Waals surface area contributed by atoms with Crippen molar-refractivity contribution in [3.8, 4) is 0 Å². The number of likely N-dealkylation sites (tertiary alicyclic amines) is 1. The van der Waals surface area contributed by atoms with Crippen molar-refractivity contribution >= 4 is 22.8 Å². The van der Waals surface area contributed by atoms with Crippen LogP contribution in [0, 0.1) is 13.8 Å². The third-order valence-corrected chi connectivity index (χ3v) is 5.69. The molecule has 2 aromatic carbocycles. The smallest absolute Gasteiger partial charge is 0.342 e. The van der Waals surface area contributed by atoms with Crippen LogP contribution in [0.5, 0.6) is 0 Å². The van der Waals surface area contributed by atoms with Crippen molar-refractivity contribution in [1.82, 2.24) is 14.9 Å². The number of H-pyrrole nitrogens is 1. The summed E-state index contributed by atoms with van der Waals surface area (Å²) < 4.78 is 39.6. The minimum atomic E-state index is -4.53. The lowest BCUT2D eigenvalue weighted by molar-refractivity contribution is -0.136. The maximum Gasteiger partial charge on any atom is 0.418 e. The lowest BCUT2D eigenvalue weighted by Gasteiger charge is -2.32. The lowest BCUT2D eigenvalue weighted by atomic mass is 9.97. The fourth-order valence-corrected chi connectivity index (χ4v) is 3.90. The van der Waals surface area contributed by atoms with Gasteiger partial charge in [-0.05, 0) is 62.1 Å². The first kappa shape index (κ1) is 20.3. The second kappa shape index (κ2) is 7.66. The largest absolute Gasteiger partial charge is 0.418 e. The number of hydrogen-bond acceptors (Lipinski definition) is 2. The summed E-state index contributed by atoms with van der Waals surface area (Å²) in [5, 5.41) is 2.44. The second-order valence-electron chi connectivity index (χ2n) is 7.83. The number of halogens is 3. The van der Waals surface area contributed by atoms with E-state index < -0.39 is 17.8 Å². The Hall–Kier alpha value is -3.03. The Morgan fingerprint density at radius 2 is 1.93 bits per heavy atom. The number of imidazole rings is 1. The molecule has 5 nitrogen and oxygen atoms in total. The fraction of sp³-hybridized carbons (Fsp3) is 0.364. The summed E-state index contributed by atoms with van der Waals surface area (Å²) in [5.41, 5.74) is 3.09. The number of nitrogens with one attached hydrogen (secondary N) is 2.